The molecule has 1 nitrogen and oxygen atoms in total. The molecule has 15 heavy (non-hydrogen) atoms. The first-order valence-electron chi connectivity index (χ1n) is 5.39. The van der Waals surface area contributed by atoms with Crippen LogP contribution in [0.25, 0.3) is 0 Å². The van der Waals surface area contributed by atoms with Crippen molar-refractivity contribution in [3.05, 3.63) is 28.7 Å². The first kappa shape index (κ1) is 11.5. The van der Waals surface area contributed by atoms with Gasteiger partial charge in [0.05, 0.1) is 0 Å². The second kappa shape index (κ2) is 5.37. The van der Waals surface area contributed by atoms with Gasteiger partial charge in [0, 0.05) is 20.7 Å². The smallest absolute Gasteiger partial charge is 0.0248 e. The average Bonchev–Trinajstić information content (AvgIpc) is 2.69. The molecule has 1 aliphatic rings. The molecule has 1 fully saturated rings. The molecule has 82 valence electrons. The Kier molecular flexibility index (Phi) is 4.12. The zero-order chi connectivity index (χ0) is 10.7. The van der Waals surface area contributed by atoms with Crippen LogP contribution in [0, 0.1) is 0 Å². The number of thioether (sulfide) groups is 1. The largest absolute Gasteiger partial charge is 0.316 e. The first-order valence-corrected chi connectivity index (χ1v) is 7.06. The molecule has 1 saturated carbocycles. The van der Waals surface area contributed by atoms with Gasteiger partial charge in [0.1, 0.15) is 0 Å². The minimum Gasteiger partial charge on any atom is -0.316 e. The summed E-state index contributed by atoms with van der Waals surface area (Å²) < 4.78 is 1.16. The molecular formula is C12H16BrNS. The third-order valence-electron chi connectivity index (χ3n) is 2.92. The first-order chi connectivity index (χ1) is 7.29. The second-order valence-corrected chi connectivity index (χ2v) is 6.16. The predicted octanol–water partition coefficient (Wildman–Crippen LogP) is 3.68. The molecule has 0 heterocycles. The van der Waals surface area contributed by atoms with Crippen molar-refractivity contribution in [2.75, 3.05) is 7.05 Å². The molecule has 1 N–H and O–H groups in total. The lowest BCUT2D eigenvalue weighted by molar-refractivity contribution is 0.591. The van der Waals surface area contributed by atoms with E-state index in [1.165, 1.54) is 24.2 Å². The number of benzene rings is 1. The van der Waals surface area contributed by atoms with E-state index in [1.54, 1.807) is 0 Å². The third kappa shape index (κ3) is 2.99. The lowest BCUT2D eigenvalue weighted by atomic mass is 10.2. The topological polar surface area (TPSA) is 12.0 Å². The van der Waals surface area contributed by atoms with E-state index in [-0.39, 0.29) is 0 Å². The van der Waals surface area contributed by atoms with E-state index >= 15 is 0 Å². The maximum absolute atomic E-state index is 3.46. The van der Waals surface area contributed by atoms with Gasteiger partial charge in [-0.1, -0.05) is 22.4 Å². The molecule has 2 atom stereocenters. The van der Waals surface area contributed by atoms with E-state index in [2.05, 4.69) is 52.6 Å². The van der Waals surface area contributed by atoms with Crippen molar-refractivity contribution < 1.29 is 0 Å². The van der Waals surface area contributed by atoms with Gasteiger partial charge in [-0.2, -0.15) is 0 Å². The fraction of sp³-hybridized carbons (Fsp3) is 0.500. The van der Waals surface area contributed by atoms with Crippen LogP contribution in [-0.4, -0.2) is 18.3 Å². The van der Waals surface area contributed by atoms with Crippen molar-refractivity contribution in [2.24, 2.45) is 0 Å². The quantitative estimate of drug-likeness (QED) is 0.909. The van der Waals surface area contributed by atoms with Gasteiger partial charge in [0.2, 0.25) is 0 Å². The summed E-state index contributed by atoms with van der Waals surface area (Å²) in [4.78, 5) is 1.38. The van der Waals surface area contributed by atoms with Crippen molar-refractivity contribution in [2.45, 2.75) is 35.4 Å². The van der Waals surface area contributed by atoms with E-state index in [0.29, 0.717) is 6.04 Å². The summed E-state index contributed by atoms with van der Waals surface area (Å²) >= 11 is 5.47. The third-order valence-corrected chi connectivity index (χ3v) is 4.86. The van der Waals surface area contributed by atoms with Crippen molar-refractivity contribution in [1.29, 1.82) is 0 Å². The van der Waals surface area contributed by atoms with Gasteiger partial charge in [0.25, 0.3) is 0 Å². The van der Waals surface area contributed by atoms with Crippen LogP contribution in [0.3, 0.4) is 0 Å². The number of halogens is 1. The number of rotatable bonds is 3. The Labute approximate surface area is 104 Å². The summed E-state index contributed by atoms with van der Waals surface area (Å²) in [7, 11) is 2.07. The van der Waals surface area contributed by atoms with Crippen LogP contribution in [-0.2, 0) is 0 Å². The highest BCUT2D eigenvalue weighted by Gasteiger charge is 2.26. The SMILES string of the molecule is CNC1CCCC1Sc1ccc(Br)cc1. The molecule has 1 aromatic rings. The molecule has 0 amide bonds. The molecule has 2 rings (SSSR count). The summed E-state index contributed by atoms with van der Waals surface area (Å²) in [6.45, 7) is 0. The Bertz CT molecular complexity index is 312. The molecule has 3 heteroatoms. The van der Waals surface area contributed by atoms with Crippen LogP contribution in [0.5, 0.6) is 0 Å². The Morgan fingerprint density at radius 1 is 1.27 bits per heavy atom. The Hall–Kier alpha value is 0.01000. The van der Waals surface area contributed by atoms with Crippen LogP contribution in [0.4, 0.5) is 0 Å². The summed E-state index contributed by atoms with van der Waals surface area (Å²) in [5, 5.41) is 4.16. The van der Waals surface area contributed by atoms with Crippen molar-refractivity contribution >= 4 is 27.7 Å². The van der Waals surface area contributed by atoms with Crippen molar-refractivity contribution in [3.8, 4) is 0 Å². The normalized spacial score (nSPS) is 25.7. The predicted molar refractivity (Wildman–Crippen MR) is 70.5 cm³/mol. The molecule has 2 unspecified atom stereocenters. The van der Waals surface area contributed by atoms with Gasteiger partial charge in [-0.15, -0.1) is 11.8 Å². The zero-order valence-corrected chi connectivity index (χ0v) is 11.3. The zero-order valence-electron chi connectivity index (χ0n) is 8.87. The van der Waals surface area contributed by atoms with Crippen LogP contribution in [0.15, 0.2) is 33.6 Å². The minimum absolute atomic E-state index is 0.693. The Morgan fingerprint density at radius 2 is 2.00 bits per heavy atom. The van der Waals surface area contributed by atoms with Gasteiger partial charge in [-0.25, -0.2) is 0 Å². The van der Waals surface area contributed by atoms with Crippen LogP contribution >= 0.6 is 27.7 Å². The highest BCUT2D eigenvalue weighted by Crippen LogP contribution is 2.35. The van der Waals surface area contributed by atoms with E-state index in [1.807, 2.05) is 11.8 Å². The van der Waals surface area contributed by atoms with E-state index in [9.17, 15) is 0 Å². The highest BCUT2D eigenvalue weighted by atomic mass is 79.9. The van der Waals surface area contributed by atoms with E-state index in [4.69, 9.17) is 0 Å². The Balaban J connectivity index is 1.99. The molecule has 0 aromatic heterocycles. The summed E-state index contributed by atoms with van der Waals surface area (Å²) in [6.07, 6.45) is 4.02. The van der Waals surface area contributed by atoms with Gasteiger partial charge >= 0.3 is 0 Å². The standard InChI is InChI=1S/C12H16BrNS/c1-14-11-3-2-4-12(11)15-10-7-5-9(13)6-8-10/h5-8,11-12,14H,2-4H2,1H3. The van der Waals surface area contributed by atoms with Crippen LogP contribution < -0.4 is 5.32 Å². The maximum Gasteiger partial charge on any atom is 0.0248 e. The number of hydrogen-bond acceptors (Lipinski definition) is 2. The second-order valence-electron chi connectivity index (χ2n) is 3.94. The highest BCUT2D eigenvalue weighted by molar-refractivity contribution is 9.10. The van der Waals surface area contributed by atoms with Crippen LogP contribution in [0.1, 0.15) is 19.3 Å². The van der Waals surface area contributed by atoms with E-state index in [0.717, 1.165) is 9.72 Å². The maximum atomic E-state index is 3.46. The van der Waals surface area contributed by atoms with Gasteiger partial charge in [-0.3, -0.25) is 0 Å². The van der Waals surface area contributed by atoms with Crippen LogP contribution in [0.2, 0.25) is 0 Å². The lowest BCUT2D eigenvalue weighted by Crippen LogP contribution is -2.30. The van der Waals surface area contributed by atoms with E-state index < -0.39 is 0 Å². The fourth-order valence-electron chi connectivity index (χ4n) is 2.09. The molecule has 0 spiro atoms. The van der Waals surface area contributed by atoms with Gasteiger partial charge in [-0.05, 0) is 44.2 Å². The number of hydrogen-bond donors (Lipinski definition) is 1. The fourth-order valence-corrected chi connectivity index (χ4v) is 3.71. The summed E-state index contributed by atoms with van der Waals surface area (Å²) in [5.74, 6) is 0. The average molecular weight is 286 g/mol. The van der Waals surface area contributed by atoms with Crippen molar-refractivity contribution in [1.82, 2.24) is 5.32 Å². The summed E-state index contributed by atoms with van der Waals surface area (Å²) in [5.41, 5.74) is 0. The molecule has 0 aliphatic heterocycles. The van der Waals surface area contributed by atoms with Gasteiger partial charge < -0.3 is 5.32 Å². The lowest BCUT2D eigenvalue weighted by Gasteiger charge is -2.18. The minimum atomic E-state index is 0.693. The van der Waals surface area contributed by atoms with Crippen molar-refractivity contribution in [3.63, 3.8) is 0 Å². The number of nitrogens with one attached hydrogen (secondary N) is 1. The molecule has 0 saturated heterocycles. The molecule has 0 bridgehead atoms. The molecular weight excluding hydrogens is 270 g/mol. The molecule has 1 aromatic carbocycles. The summed E-state index contributed by atoms with van der Waals surface area (Å²) in [6, 6.07) is 9.32. The molecule has 0 radical (unpaired) electrons. The monoisotopic (exact) mass is 285 g/mol. The van der Waals surface area contributed by atoms with Gasteiger partial charge in [0.15, 0.2) is 0 Å². The molecule has 1 aliphatic carbocycles. The Morgan fingerprint density at radius 3 is 2.67 bits per heavy atom.